The monoisotopic (exact) mass is 274 g/mol. The summed E-state index contributed by atoms with van der Waals surface area (Å²) in [5.74, 6) is 0. The van der Waals surface area contributed by atoms with E-state index in [0.717, 1.165) is 27.6 Å². The van der Waals surface area contributed by atoms with Crippen LogP contribution >= 0.6 is 0 Å². The molecular formula is C18H19BN2. The molecule has 0 aliphatic rings. The van der Waals surface area contributed by atoms with Gasteiger partial charge in [-0.1, -0.05) is 29.7 Å². The number of hydrogen-bond donors (Lipinski definition) is 0. The van der Waals surface area contributed by atoms with Crippen LogP contribution in [0.3, 0.4) is 0 Å². The molecule has 0 unspecified atom stereocenters. The Morgan fingerprint density at radius 2 is 1.14 bits per heavy atom. The molecule has 2 radical (unpaired) electrons. The number of benzene rings is 3. The number of nitrogens with zero attached hydrogens (tertiary/aromatic N) is 2. The molecule has 0 amide bonds. The Kier molecular flexibility index (Phi) is 3.28. The molecule has 21 heavy (non-hydrogen) atoms. The normalized spacial score (nSPS) is 11.0. The van der Waals surface area contributed by atoms with Crippen molar-refractivity contribution in [3.8, 4) is 0 Å². The predicted octanol–water partition coefficient (Wildman–Crippen LogP) is 2.92. The zero-order valence-corrected chi connectivity index (χ0v) is 13.0. The van der Waals surface area contributed by atoms with Crippen molar-refractivity contribution < 1.29 is 0 Å². The van der Waals surface area contributed by atoms with E-state index < -0.39 is 0 Å². The Morgan fingerprint density at radius 3 is 1.52 bits per heavy atom. The van der Waals surface area contributed by atoms with Gasteiger partial charge < -0.3 is 9.80 Å². The summed E-state index contributed by atoms with van der Waals surface area (Å²) in [6.07, 6.45) is 0. The third-order valence-electron chi connectivity index (χ3n) is 3.96. The maximum atomic E-state index is 6.58. The van der Waals surface area contributed by atoms with E-state index in [-0.39, 0.29) is 0 Å². The third-order valence-corrected chi connectivity index (χ3v) is 3.96. The highest BCUT2D eigenvalue weighted by atomic mass is 15.1. The number of rotatable bonds is 2. The fourth-order valence-electron chi connectivity index (χ4n) is 2.98. The first-order valence-electron chi connectivity index (χ1n) is 7.09. The van der Waals surface area contributed by atoms with Crippen LogP contribution in [0.5, 0.6) is 0 Å². The van der Waals surface area contributed by atoms with Crippen LogP contribution in [0.4, 0.5) is 11.4 Å². The lowest BCUT2D eigenvalue weighted by Gasteiger charge is -2.22. The minimum atomic E-state index is 0.858. The first-order valence-corrected chi connectivity index (χ1v) is 7.09. The van der Waals surface area contributed by atoms with Crippen molar-refractivity contribution in [3.63, 3.8) is 0 Å². The third kappa shape index (κ3) is 2.13. The lowest BCUT2D eigenvalue weighted by atomic mass is 9.83. The largest absolute Gasteiger partial charge is 0.377 e. The summed E-state index contributed by atoms with van der Waals surface area (Å²) in [7, 11) is 14.8. The molecule has 0 aliphatic heterocycles. The molecule has 0 atom stereocenters. The highest BCUT2D eigenvalue weighted by molar-refractivity contribution is 6.47. The van der Waals surface area contributed by atoms with Gasteiger partial charge in [0.05, 0.1) is 0 Å². The molecule has 3 aromatic rings. The van der Waals surface area contributed by atoms with E-state index in [4.69, 9.17) is 7.85 Å². The topological polar surface area (TPSA) is 6.48 Å². The van der Waals surface area contributed by atoms with E-state index >= 15 is 0 Å². The summed E-state index contributed by atoms with van der Waals surface area (Å²) in [4.78, 5) is 4.23. The van der Waals surface area contributed by atoms with Crippen LogP contribution in [0.25, 0.3) is 21.5 Å². The van der Waals surface area contributed by atoms with Gasteiger partial charge >= 0.3 is 0 Å². The fraction of sp³-hybridized carbons (Fsp3) is 0.222. The van der Waals surface area contributed by atoms with Crippen LogP contribution in [0.2, 0.25) is 0 Å². The first-order chi connectivity index (χ1) is 10.0. The van der Waals surface area contributed by atoms with Crippen LogP contribution < -0.4 is 15.3 Å². The summed E-state index contributed by atoms with van der Waals surface area (Å²) < 4.78 is 0. The number of fused-ring (bicyclic) bond motifs is 2. The van der Waals surface area contributed by atoms with Crippen molar-refractivity contribution in [1.82, 2.24) is 0 Å². The molecule has 0 aromatic heterocycles. The summed E-state index contributed by atoms with van der Waals surface area (Å²) >= 11 is 0. The minimum absolute atomic E-state index is 0.858. The Labute approximate surface area is 127 Å². The molecule has 3 aromatic carbocycles. The Balaban J connectivity index is 2.52. The van der Waals surface area contributed by atoms with Gasteiger partial charge in [-0.3, -0.25) is 0 Å². The second kappa shape index (κ2) is 4.99. The van der Waals surface area contributed by atoms with Gasteiger partial charge in [0.15, 0.2) is 0 Å². The van der Waals surface area contributed by atoms with Gasteiger partial charge in [0.1, 0.15) is 7.85 Å². The second-order valence-corrected chi connectivity index (χ2v) is 5.83. The zero-order chi connectivity index (χ0) is 15.1. The molecular weight excluding hydrogens is 255 g/mol. The van der Waals surface area contributed by atoms with Crippen LogP contribution in [0, 0.1) is 0 Å². The molecule has 0 saturated carbocycles. The molecule has 0 fully saturated rings. The standard InChI is InChI=1S/C18H19BN2/c1-20(2)14-9-5-7-12-11-13-8-6-10-15(21(3)4)17(13)18(19)16(12)14/h5-11H,1-4H3. The van der Waals surface area contributed by atoms with E-state index in [1.165, 1.54) is 10.8 Å². The van der Waals surface area contributed by atoms with Crippen LogP contribution in [0.15, 0.2) is 42.5 Å². The zero-order valence-electron chi connectivity index (χ0n) is 13.0. The van der Waals surface area contributed by atoms with Gasteiger partial charge in [0.25, 0.3) is 0 Å². The molecule has 0 N–H and O–H groups in total. The number of hydrogen-bond acceptors (Lipinski definition) is 2. The molecule has 3 rings (SSSR count). The second-order valence-electron chi connectivity index (χ2n) is 5.83. The maximum Gasteiger partial charge on any atom is 0.115 e. The van der Waals surface area contributed by atoms with Gasteiger partial charge in [-0.05, 0) is 39.7 Å². The van der Waals surface area contributed by atoms with Crippen molar-refractivity contribution >= 4 is 46.2 Å². The summed E-state index contributed by atoms with van der Waals surface area (Å²) in [5, 5.41) is 4.62. The Bertz CT molecular complexity index is 756. The van der Waals surface area contributed by atoms with Gasteiger partial charge in [0.2, 0.25) is 0 Å². The average Bonchev–Trinajstić information content (AvgIpc) is 2.45. The Morgan fingerprint density at radius 1 is 0.714 bits per heavy atom. The predicted molar refractivity (Wildman–Crippen MR) is 95.5 cm³/mol. The van der Waals surface area contributed by atoms with Crippen molar-refractivity contribution in [3.05, 3.63) is 42.5 Å². The quantitative estimate of drug-likeness (QED) is 0.523. The highest BCUT2D eigenvalue weighted by Crippen LogP contribution is 2.31. The van der Waals surface area contributed by atoms with E-state index in [2.05, 4.69) is 80.5 Å². The van der Waals surface area contributed by atoms with Crippen molar-refractivity contribution in [2.75, 3.05) is 38.0 Å². The maximum absolute atomic E-state index is 6.58. The van der Waals surface area contributed by atoms with Crippen molar-refractivity contribution in [2.45, 2.75) is 0 Å². The summed E-state index contributed by atoms with van der Waals surface area (Å²) in [6.45, 7) is 0. The lowest BCUT2D eigenvalue weighted by Crippen LogP contribution is -2.17. The molecule has 0 spiro atoms. The first kappa shape index (κ1) is 13.8. The molecule has 0 heterocycles. The summed E-state index contributed by atoms with van der Waals surface area (Å²) in [6, 6.07) is 14.9. The summed E-state index contributed by atoms with van der Waals surface area (Å²) in [5.41, 5.74) is 3.16. The fourth-order valence-corrected chi connectivity index (χ4v) is 2.98. The molecule has 0 saturated heterocycles. The average molecular weight is 274 g/mol. The molecule has 0 bridgehead atoms. The number of anilines is 2. The molecule has 104 valence electrons. The van der Waals surface area contributed by atoms with E-state index in [9.17, 15) is 0 Å². The van der Waals surface area contributed by atoms with Crippen molar-refractivity contribution in [1.29, 1.82) is 0 Å². The lowest BCUT2D eigenvalue weighted by molar-refractivity contribution is 1.14. The van der Waals surface area contributed by atoms with E-state index in [1.807, 2.05) is 0 Å². The minimum Gasteiger partial charge on any atom is -0.377 e. The van der Waals surface area contributed by atoms with Gasteiger partial charge in [-0.2, -0.15) is 0 Å². The van der Waals surface area contributed by atoms with Gasteiger partial charge in [-0.25, -0.2) is 0 Å². The van der Waals surface area contributed by atoms with E-state index in [1.54, 1.807) is 0 Å². The highest BCUT2D eigenvalue weighted by Gasteiger charge is 2.12. The van der Waals surface area contributed by atoms with Crippen LogP contribution in [-0.2, 0) is 0 Å². The molecule has 3 heteroatoms. The molecule has 0 aliphatic carbocycles. The SMILES string of the molecule is [B]c1c2c(N(C)C)cccc2cc2cccc(N(C)C)c12. The Hall–Kier alpha value is -2.16. The smallest absolute Gasteiger partial charge is 0.115 e. The van der Waals surface area contributed by atoms with Crippen LogP contribution in [0.1, 0.15) is 0 Å². The van der Waals surface area contributed by atoms with Crippen LogP contribution in [-0.4, -0.2) is 36.0 Å². The van der Waals surface area contributed by atoms with Gasteiger partial charge in [0, 0.05) is 39.6 Å². The van der Waals surface area contributed by atoms with Gasteiger partial charge in [-0.15, -0.1) is 0 Å². The van der Waals surface area contributed by atoms with Crippen molar-refractivity contribution in [2.24, 2.45) is 0 Å². The van der Waals surface area contributed by atoms with E-state index in [0.29, 0.717) is 0 Å². The molecule has 2 nitrogen and oxygen atoms in total.